The molecule has 2 atom stereocenters. The quantitative estimate of drug-likeness (QED) is 0.771. The van der Waals surface area contributed by atoms with Crippen LogP contribution in [0.15, 0.2) is 48.5 Å². The normalized spacial score (nSPS) is 20.9. The summed E-state index contributed by atoms with van der Waals surface area (Å²) < 4.78 is 0. The van der Waals surface area contributed by atoms with E-state index in [0.29, 0.717) is 30.5 Å². The molecule has 7 nitrogen and oxygen atoms in total. The number of fused-ring (bicyclic) bond motifs is 1. The first-order valence-electron chi connectivity index (χ1n) is 9.48. The summed E-state index contributed by atoms with van der Waals surface area (Å²) >= 11 is 0. The van der Waals surface area contributed by atoms with Crippen LogP contribution in [0.25, 0.3) is 0 Å². The zero-order valence-corrected chi connectivity index (χ0v) is 15.6. The van der Waals surface area contributed by atoms with Gasteiger partial charge < -0.3 is 10.0 Å². The van der Waals surface area contributed by atoms with Crippen LogP contribution in [-0.2, 0) is 27.2 Å². The Hall–Kier alpha value is -3.48. The molecule has 1 fully saturated rings. The van der Waals surface area contributed by atoms with Crippen molar-refractivity contribution in [3.05, 3.63) is 70.8 Å². The Balaban J connectivity index is 1.53. The molecule has 29 heavy (non-hydrogen) atoms. The molecule has 2 N–H and O–H groups in total. The Bertz CT molecular complexity index is 999. The van der Waals surface area contributed by atoms with Gasteiger partial charge in [-0.25, -0.2) is 4.79 Å². The van der Waals surface area contributed by atoms with Crippen LogP contribution in [-0.4, -0.2) is 40.2 Å². The van der Waals surface area contributed by atoms with Crippen molar-refractivity contribution in [3.8, 4) is 0 Å². The van der Waals surface area contributed by atoms with E-state index in [1.165, 1.54) is 4.90 Å². The summed E-state index contributed by atoms with van der Waals surface area (Å²) in [7, 11) is 0. The molecule has 0 radical (unpaired) electrons. The second-order valence-electron chi connectivity index (χ2n) is 7.40. The highest BCUT2D eigenvalue weighted by atomic mass is 16.4. The third-order valence-corrected chi connectivity index (χ3v) is 5.53. The number of hydrogen-bond acceptors (Lipinski definition) is 4. The van der Waals surface area contributed by atoms with Gasteiger partial charge in [0, 0.05) is 18.5 Å². The first kappa shape index (κ1) is 18.9. The number of imide groups is 1. The Morgan fingerprint density at radius 2 is 1.79 bits per heavy atom. The summed E-state index contributed by atoms with van der Waals surface area (Å²) in [5, 5.41) is 12.0. The number of aliphatic carboxylic acids is 1. The predicted octanol–water partition coefficient (Wildman–Crippen LogP) is 1.72. The standard InChI is InChI=1S/C22H20N2O5/c25-18-12-16(20(26)23-18)11-13-5-7-15(8-6-13)21(27)24-10-9-14-3-1-2-4-17(14)19(24)22(28)29/h1-8,16,19H,9-12H2,(H,28,29)(H,23,25,26). The van der Waals surface area contributed by atoms with Gasteiger partial charge in [-0.1, -0.05) is 36.4 Å². The molecule has 0 bridgehead atoms. The second kappa shape index (κ2) is 7.50. The summed E-state index contributed by atoms with van der Waals surface area (Å²) in [5.41, 5.74) is 2.83. The lowest BCUT2D eigenvalue weighted by Gasteiger charge is -2.34. The fourth-order valence-corrected chi connectivity index (χ4v) is 4.06. The fourth-order valence-electron chi connectivity index (χ4n) is 4.06. The van der Waals surface area contributed by atoms with Gasteiger partial charge >= 0.3 is 5.97 Å². The number of carbonyl (C=O) groups excluding carboxylic acids is 3. The van der Waals surface area contributed by atoms with E-state index in [4.69, 9.17) is 0 Å². The Morgan fingerprint density at radius 1 is 1.07 bits per heavy atom. The largest absolute Gasteiger partial charge is 0.479 e. The van der Waals surface area contributed by atoms with Crippen molar-refractivity contribution in [3.63, 3.8) is 0 Å². The monoisotopic (exact) mass is 392 g/mol. The highest BCUT2D eigenvalue weighted by Gasteiger charge is 2.36. The lowest BCUT2D eigenvalue weighted by Crippen LogP contribution is -2.43. The number of hydrogen-bond donors (Lipinski definition) is 2. The van der Waals surface area contributed by atoms with Crippen LogP contribution < -0.4 is 5.32 Å². The predicted molar refractivity (Wildman–Crippen MR) is 103 cm³/mol. The lowest BCUT2D eigenvalue weighted by atomic mass is 9.91. The van der Waals surface area contributed by atoms with Crippen molar-refractivity contribution in [2.45, 2.75) is 25.3 Å². The molecule has 148 valence electrons. The minimum atomic E-state index is -1.06. The first-order valence-corrected chi connectivity index (χ1v) is 9.48. The Labute approximate surface area is 167 Å². The lowest BCUT2D eigenvalue weighted by molar-refractivity contribution is -0.143. The highest BCUT2D eigenvalue weighted by molar-refractivity contribution is 6.03. The number of nitrogens with one attached hydrogen (secondary N) is 1. The van der Waals surface area contributed by atoms with E-state index in [0.717, 1.165) is 11.1 Å². The first-order chi connectivity index (χ1) is 13.9. The van der Waals surface area contributed by atoms with E-state index in [9.17, 15) is 24.3 Å². The van der Waals surface area contributed by atoms with Crippen molar-refractivity contribution < 1.29 is 24.3 Å². The average Bonchev–Trinajstić information content (AvgIpc) is 3.03. The van der Waals surface area contributed by atoms with Crippen LogP contribution in [0.4, 0.5) is 0 Å². The minimum absolute atomic E-state index is 0.174. The van der Waals surface area contributed by atoms with Crippen LogP contribution >= 0.6 is 0 Å². The van der Waals surface area contributed by atoms with Gasteiger partial charge in [0.1, 0.15) is 0 Å². The van der Waals surface area contributed by atoms with Crippen LogP contribution in [0, 0.1) is 5.92 Å². The average molecular weight is 392 g/mol. The molecule has 0 aromatic heterocycles. The van der Waals surface area contributed by atoms with Crippen LogP contribution in [0.1, 0.15) is 39.5 Å². The van der Waals surface area contributed by atoms with E-state index in [1.807, 2.05) is 12.1 Å². The van der Waals surface area contributed by atoms with E-state index in [-0.39, 0.29) is 30.1 Å². The second-order valence-corrected chi connectivity index (χ2v) is 7.40. The number of carboxylic acid groups (broad SMARTS) is 1. The van der Waals surface area contributed by atoms with Crippen molar-refractivity contribution in [2.75, 3.05) is 6.54 Å². The van der Waals surface area contributed by atoms with Gasteiger partial charge in [0.05, 0.1) is 5.92 Å². The summed E-state index contributed by atoms with van der Waals surface area (Å²) in [6.45, 7) is 0.332. The van der Waals surface area contributed by atoms with Gasteiger partial charge in [0.2, 0.25) is 11.8 Å². The third-order valence-electron chi connectivity index (χ3n) is 5.53. The van der Waals surface area contributed by atoms with Gasteiger partial charge in [-0.3, -0.25) is 19.7 Å². The van der Waals surface area contributed by atoms with Crippen molar-refractivity contribution >= 4 is 23.7 Å². The SMILES string of the molecule is O=C1CC(Cc2ccc(C(=O)N3CCc4ccccc4C3C(=O)O)cc2)C(=O)N1. The number of nitrogens with zero attached hydrogens (tertiary/aromatic N) is 1. The van der Waals surface area contributed by atoms with Gasteiger partial charge in [-0.15, -0.1) is 0 Å². The van der Waals surface area contributed by atoms with Crippen LogP contribution in [0.3, 0.4) is 0 Å². The topological polar surface area (TPSA) is 104 Å². The third kappa shape index (κ3) is 3.63. The molecule has 0 spiro atoms. The zero-order valence-electron chi connectivity index (χ0n) is 15.6. The van der Waals surface area contributed by atoms with Gasteiger partial charge in [0.15, 0.2) is 6.04 Å². The fraction of sp³-hybridized carbons (Fsp3) is 0.273. The van der Waals surface area contributed by atoms with Crippen LogP contribution in [0.5, 0.6) is 0 Å². The molecular weight excluding hydrogens is 372 g/mol. The summed E-state index contributed by atoms with van der Waals surface area (Å²) in [5.74, 6) is -2.33. The number of carboxylic acids is 1. The maximum atomic E-state index is 13.0. The molecule has 0 saturated carbocycles. The Morgan fingerprint density at radius 3 is 2.45 bits per heavy atom. The molecule has 7 heteroatoms. The van der Waals surface area contributed by atoms with Crippen molar-refractivity contribution in [1.82, 2.24) is 10.2 Å². The maximum Gasteiger partial charge on any atom is 0.331 e. The molecule has 2 aromatic carbocycles. The highest BCUT2D eigenvalue weighted by Crippen LogP contribution is 2.31. The smallest absolute Gasteiger partial charge is 0.331 e. The van der Waals surface area contributed by atoms with Crippen molar-refractivity contribution in [1.29, 1.82) is 0 Å². The van der Waals surface area contributed by atoms with E-state index >= 15 is 0 Å². The maximum absolute atomic E-state index is 13.0. The molecule has 2 aliphatic heterocycles. The van der Waals surface area contributed by atoms with E-state index in [1.54, 1.807) is 36.4 Å². The molecule has 2 aromatic rings. The Kier molecular flexibility index (Phi) is 4.88. The van der Waals surface area contributed by atoms with Crippen LogP contribution in [0.2, 0.25) is 0 Å². The van der Waals surface area contributed by atoms with Gasteiger partial charge in [-0.2, -0.15) is 0 Å². The number of carbonyl (C=O) groups is 4. The van der Waals surface area contributed by atoms with Crippen molar-refractivity contribution in [2.24, 2.45) is 5.92 Å². The molecule has 1 saturated heterocycles. The number of amides is 3. The molecule has 3 amide bonds. The number of benzene rings is 2. The summed E-state index contributed by atoms with van der Waals surface area (Å²) in [6.07, 6.45) is 1.20. The molecule has 4 rings (SSSR count). The molecule has 2 aliphatic rings. The molecule has 2 heterocycles. The summed E-state index contributed by atoms with van der Waals surface area (Å²) in [6, 6.07) is 13.1. The molecule has 2 unspecified atom stereocenters. The zero-order chi connectivity index (χ0) is 20.5. The molecule has 0 aliphatic carbocycles. The molecular formula is C22H20N2O5. The number of rotatable bonds is 4. The van der Waals surface area contributed by atoms with Gasteiger partial charge in [-0.05, 0) is 41.7 Å². The minimum Gasteiger partial charge on any atom is -0.479 e. The van der Waals surface area contributed by atoms with E-state index in [2.05, 4.69) is 5.32 Å². The van der Waals surface area contributed by atoms with Gasteiger partial charge in [0.25, 0.3) is 5.91 Å². The summed E-state index contributed by atoms with van der Waals surface area (Å²) in [4.78, 5) is 49.4. The van der Waals surface area contributed by atoms with E-state index < -0.39 is 12.0 Å².